The second-order valence-electron chi connectivity index (χ2n) is 7.37. The number of nitrogens with zero attached hydrogens (tertiary/aromatic N) is 1. The number of aromatic nitrogens is 3. The number of rotatable bonds is 3. The summed E-state index contributed by atoms with van der Waals surface area (Å²) >= 11 is 1.45. The number of carbonyl (C=O) groups excluding carboxylic acids is 1. The Morgan fingerprint density at radius 1 is 1.10 bits per heavy atom. The van der Waals surface area contributed by atoms with Crippen LogP contribution in [0.2, 0.25) is 0 Å². The molecule has 6 rings (SSSR count). The molecule has 0 radical (unpaired) electrons. The van der Waals surface area contributed by atoms with Gasteiger partial charge in [-0.25, -0.2) is 4.98 Å². The van der Waals surface area contributed by atoms with Crippen molar-refractivity contribution in [2.75, 3.05) is 5.32 Å². The number of anilines is 1. The maximum Gasteiger partial charge on any atom is 0.174 e. The lowest BCUT2D eigenvalue weighted by atomic mass is 9.79. The summed E-state index contributed by atoms with van der Waals surface area (Å²) in [4.78, 5) is 23.8. The highest BCUT2D eigenvalue weighted by Gasteiger charge is 2.37. The second kappa shape index (κ2) is 6.42. The Morgan fingerprint density at radius 3 is 2.97 bits per heavy atom. The number of furan rings is 1. The minimum absolute atomic E-state index is 0.176. The minimum atomic E-state index is -0.176. The topological polar surface area (TPSA) is 86.7 Å². The summed E-state index contributed by atoms with van der Waals surface area (Å²) in [5.41, 5.74) is 5.87. The van der Waals surface area contributed by atoms with Crippen molar-refractivity contribution in [3.8, 4) is 0 Å². The Labute approximate surface area is 170 Å². The number of nitrogens with one attached hydrogen (secondary N) is 3. The fourth-order valence-corrected chi connectivity index (χ4v) is 5.05. The molecule has 0 saturated carbocycles. The third-order valence-electron chi connectivity index (χ3n) is 5.57. The van der Waals surface area contributed by atoms with Gasteiger partial charge in [0.05, 0.1) is 22.6 Å². The van der Waals surface area contributed by atoms with E-state index in [1.165, 1.54) is 11.8 Å². The zero-order chi connectivity index (χ0) is 19.4. The maximum atomic E-state index is 12.8. The molecule has 7 heteroatoms. The van der Waals surface area contributed by atoms with Gasteiger partial charge in [0.2, 0.25) is 0 Å². The number of benzene rings is 1. The number of ketones is 1. The van der Waals surface area contributed by atoms with Gasteiger partial charge >= 0.3 is 0 Å². The smallest absolute Gasteiger partial charge is 0.174 e. The van der Waals surface area contributed by atoms with Gasteiger partial charge in [-0.15, -0.1) is 0 Å². The number of imidazole rings is 1. The van der Waals surface area contributed by atoms with Crippen LogP contribution in [0, 0.1) is 0 Å². The average molecular weight is 402 g/mol. The summed E-state index contributed by atoms with van der Waals surface area (Å²) in [6.45, 7) is 0. The number of carbonyl (C=O) groups is 1. The molecule has 0 amide bonds. The lowest BCUT2D eigenvalue weighted by Gasteiger charge is -2.30. The quantitative estimate of drug-likeness (QED) is 0.438. The van der Waals surface area contributed by atoms with Gasteiger partial charge in [-0.2, -0.15) is 0 Å². The van der Waals surface area contributed by atoms with Crippen LogP contribution in [-0.4, -0.2) is 20.7 Å². The molecule has 0 saturated heterocycles. The summed E-state index contributed by atoms with van der Waals surface area (Å²) in [6, 6.07) is 11.9. The third-order valence-corrected chi connectivity index (χ3v) is 6.38. The van der Waals surface area contributed by atoms with E-state index >= 15 is 0 Å². The fraction of sp³-hybridized carbons (Fsp3) is 0.182. The zero-order valence-electron chi connectivity index (χ0n) is 15.5. The van der Waals surface area contributed by atoms with Gasteiger partial charge in [0.25, 0.3) is 0 Å². The van der Waals surface area contributed by atoms with Crippen LogP contribution in [0.4, 0.5) is 5.69 Å². The van der Waals surface area contributed by atoms with Crippen molar-refractivity contribution in [3.63, 3.8) is 0 Å². The van der Waals surface area contributed by atoms with Gasteiger partial charge in [0.1, 0.15) is 5.76 Å². The number of aromatic amines is 2. The second-order valence-corrected chi connectivity index (χ2v) is 8.36. The van der Waals surface area contributed by atoms with Crippen molar-refractivity contribution in [1.29, 1.82) is 0 Å². The van der Waals surface area contributed by atoms with Crippen molar-refractivity contribution in [2.24, 2.45) is 0 Å². The van der Waals surface area contributed by atoms with Gasteiger partial charge in [-0.3, -0.25) is 4.79 Å². The normalized spacial score (nSPS) is 18.6. The molecule has 4 aromatic rings. The van der Waals surface area contributed by atoms with E-state index < -0.39 is 0 Å². The molecule has 1 atom stereocenters. The zero-order valence-corrected chi connectivity index (χ0v) is 16.3. The van der Waals surface area contributed by atoms with Crippen LogP contribution in [-0.2, 0) is 4.79 Å². The number of Topliss-reactive ketones (excluding diaryl/α,β-unsaturated/α-hetero) is 1. The Hall–Kier alpha value is -3.19. The summed E-state index contributed by atoms with van der Waals surface area (Å²) in [5, 5.41) is 4.97. The molecule has 4 heterocycles. The molecule has 1 aliphatic heterocycles. The molecular weight excluding hydrogens is 384 g/mol. The molecule has 6 nitrogen and oxygen atoms in total. The first-order valence-corrected chi connectivity index (χ1v) is 10.5. The van der Waals surface area contributed by atoms with E-state index in [4.69, 9.17) is 4.42 Å². The van der Waals surface area contributed by atoms with E-state index in [0.717, 1.165) is 62.4 Å². The van der Waals surface area contributed by atoms with Crippen molar-refractivity contribution < 1.29 is 9.21 Å². The first-order chi connectivity index (χ1) is 14.3. The Bertz CT molecular complexity index is 1250. The highest BCUT2D eigenvalue weighted by Crippen LogP contribution is 2.46. The van der Waals surface area contributed by atoms with Crippen LogP contribution in [0.15, 0.2) is 74.7 Å². The van der Waals surface area contributed by atoms with E-state index in [-0.39, 0.29) is 11.7 Å². The Kier molecular flexibility index (Phi) is 3.70. The van der Waals surface area contributed by atoms with Crippen molar-refractivity contribution in [2.45, 2.75) is 35.4 Å². The number of hydrogen-bond donors (Lipinski definition) is 3. The average Bonchev–Trinajstić information content (AvgIpc) is 3.45. The maximum absolute atomic E-state index is 12.8. The van der Waals surface area contributed by atoms with Gasteiger partial charge in [-0.05, 0) is 48.9 Å². The highest BCUT2D eigenvalue weighted by molar-refractivity contribution is 7.99. The number of fused-ring (bicyclic) bond motifs is 2. The largest absolute Gasteiger partial charge is 0.453 e. The summed E-state index contributed by atoms with van der Waals surface area (Å²) in [7, 11) is 0. The predicted octanol–water partition coefficient (Wildman–Crippen LogP) is 5.20. The molecule has 2 aliphatic rings. The first kappa shape index (κ1) is 16.7. The molecule has 0 bridgehead atoms. The SMILES string of the molecule is O=C1CCCC2=C1C(c1ccc(Sc3nc4ccccc4[nH]3)o1)c1c[nH]cc1N2. The van der Waals surface area contributed by atoms with Crippen LogP contribution in [0.5, 0.6) is 0 Å². The van der Waals surface area contributed by atoms with Crippen molar-refractivity contribution in [1.82, 2.24) is 15.0 Å². The molecular formula is C22H18N4O2S. The number of para-hydroxylation sites is 2. The molecule has 3 N–H and O–H groups in total. The summed E-state index contributed by atoms with van der Waals surface area (Å²) < 4.78 is 6.22. The number of allylic oxidation sites excluding steroid dienone is 2. The van der Waals surface area contributed by atoms with Crippen LogP contribution in [0.25, 0.3) is 11.0 Å². The Balaban J connectivity index is 1.37. The lowest BCUT2D eigenvalue weighted by molar-refractivity contribution is -0.116. The van der Waals surface area contributed by atoms with E-state index in [0.29, 0.717) is 6.42 Å². The van der Waals surface area contributed by atoms with E-state index in [1.54, 1.807) is 0 Å². The van der Waals surface area contributed by atoms with E-state index in [1.807, 2.05) is 48.8 Å². The van der Waals surface area contributed by atoms with Crippen LogP contribution in [0.3, 0.4) is 0 Å². The van der Waals surface area contributed by atoms with Crippen molar-refractivity contribution >= 4 is 34.3 Å². The summed E-state index contributed by atoms with van der Waals surface area (Å²) in [6.07, 6.45) is 6.27. The highest BCUT2D eigenvalue weighted by atomic mass is 32.2. The monoisotopic (exact) mass is 402 g/mol. The molecule has 0 spiro atoms. The third kappa shape index (κ3) is 2.73. The van der Waals surface area contributed by atoms with Crippen molar-refractivity contribution in [3.05, 3.63) is 71.4 Å². The molecule has 1 aromatic carbocycles. The van der Waals surface area contributed by atoms with Gasteiger partial charge in [-0.1, -0.05) is 12.1 Å². The molecule has 1 unspecified atom stereocenters. The molecule has 144 valence electrons. The fourth-order valence-electron chi connectivity index (χ4n) is 4.28. The molecule has 29 heavy (non-hydrogen) atoms. The molecule has 3 aromatic heterocycles. The number of H-pyrrole nitrogens is 2. The molecule has 1 aliphatic carbocycles. The van der Waals surface area contributed by atoms with Crippen LogP contribution in [0.1, 0.15) is 36.5 Å². The van der Waals surface area contributed by atoms with Crippen LogP contribution >= 0.6 is 11.8 Å². The molecule has 0 fully saturated rings. The lowest BCUT2D eigenvalue weighted by Crippen LogP contribution is -2.25. The first-order valence-electron chi connectivity index (χ1n) is 9.68. The van der Waals surface area contributed by atoms with Gasteiger partial charge in [0.15, 0.2) is 16.0 Å². The standard InChI is InChI=1S/C22H18N4O2S/c27-17-7-3-6-15-21(17)20(12-10-23-11-16(12)24-15)18-8-9-19(28-18)29-22-25-13-4-1-2-5-14(13)26-22/h1-2,4-5,8-11,20,23-24H,3,6-7H2,(H,25,26). The van der Waals surface area contributed by atoms with Gasteiger partial charge in [0, 0.05) is 35.6 Å². The number of hydrogen-bond acceptors (Lipinski definition) is 5. The van der Waals surface area contributed by atoms with E-state index in [9.17, 15) is 4.79 Å². The Morgan fingerprint density at radius 2 is 2.03 bits per heavy atom. The van der Waals surface area contributed by atoms with Gasteiger partial charge < -0.3 is 19.7 Å². The van der Waals surface area contributed by atoms with E-state index in [2.05, 4.69) is 20.3 Å². The minimum Gasteiger partial charge on any atom is -0.453 e. The summed E-state index contributed by atoms with van der Waals surface area (Å²) in [5.74, 6) is 0.817. The van der Waals surface area contributed by atoms with Crippen LogP contribution < -0.4 is 5.32 Å². The predicted molar refractivity (Wildman–Crippen MR) is 111 cm³/mol.